The maximum Gasteiger partial charge on any atom is 0.229 e. The molecule has 0 radical (unpaired) electrons. The minimum atomic E-state index is -0.348. The molecule has 0 aliphatic carbocycles. The Morgan fingerprint density at radius 2 is 1.79 bits per heavy atom. The molecular weight excluding hydrogens is 370 g/mol. The lowest BCUT2D eigenvalue weighted by molar-refractivity contribution is -0.140. The highest BCUT2D eigenvalue weighted by molar-refractivity contribution is 5.94. The zero-order chi connectivity index (χ0) is 20.8. The lowest BCUT2D eigenvalue weighted by atomic mass is 9.84. The van der Waals surface area contributed by atoms with Gasteiger partial charge in [0.2, 0.25) is 11.8 Å². The summed E-state index contributed by atoms with van der Waals surface area (Å²) in [7, 11) is 3.36. The number of ether oxygens (including phenoxy) is 2. The number of carbonyl (C=O) groups excluding carboxylic acids is 2. The molecule has 2 aromatic rings. The summed E-state index contributed by atoms with van der Waals surface area (Å²) in [6, 6.07) is 14.4. The number of nitrogens with one attached hydrogen (secondary N) is 1. The SMILES string of the molecule is COc1ccc(C2C(C(=O)Nc3ccc(OCCN)cc3)CCC(=O)N2C)cc1. The second-order valence-corrected chi connectivity index (χ2v) is 7.02. The van der Waals surface area contributed by atoms with Crippen LogP contribution in [0, 0.1) is 5.92 Å². The third-order valence-electron chi connectivity index (χ3n) is 5.16. The molecule has 29 heavy (non-hydrogen) atoms. The minimum Gasteiger partial charge on any atom is -0.497 e. The zero-order valence-corrected chi connectivity index (χ0v) is 16.8. The van der Waals surface area contributed by atoms with Crippen molar-refractivity contribution in [3.63, 3.8) is 0 Å². The van der Waals surface area contributed by atoms with E-state index in [4.69, 9.17) is 15.2 Å². The summed E-state index contributed by atoms with van der Waals surface area (Å²) >= 11 is 0. The fraction of sp³-hybridized carbons (Fsp3) is 0.364. The summed E-state index contributed by atoms with van der Waals surface area (Å²) in [5.74, 6) is 1.01. The average molecular weight is 397 g/mol. The summed E-state index contributed by atoms with van der Waals surface area (Å²) in [4.78, 5) is 27.0. The molecule has 2 amide bonds. The van der Waals surface area contributed by atoms with Crippen LogP contribution in [0.3, 0.4) is 0 Å². The number of likely N-dealkylation sites (tertiary alicyclic amines) is 1. The van der Waals surface area contributed by atoms with E-state index in [1.165, 1.54) is 0 Å². The summed E-state index contributed by atoms with van der Waals surface area (Å²) in [6.07, 6.45) is 0.858. The Labute approximate surface area is 170 Å². The van der Waals surface area contributed by atoms with Crippen molar-refractivity contribution in [2.75, 3.05) is 32.6 Å². The summed E-state index contributed by atoms with van der Waals surface area (Å²) in [5.41, 5.74) is 7.03. The first-order chi connectivity index (χ1) is 14.0. The molecule has 0 aromatic heterocycles. The second-order valence-electron chi connectivity index (χ2n) is 7.02. The Morgan fingerprint density at radius 1 is 1.14 bits per heavy atom. The largest absolute Gasteiger partial charge is 0.497 e. The van der Waals surface area contributed by atoms with Gasteiger partial charge in [-0.2, -0.15) is 0 Å². The van der Waals surface area contributed by atoms with Crippen molar-refractivity contribution in [3.8, 4) is 11.5 Å². The van der Waals surface area contributed by atoms with Gasteiger partial charge in [-0.3, -0.25) is 9.59 Å². The fourth-order valence-corrected chi connectivity index (χ4v) is 3.62. The number of nitrogens with two attached hydrogens (primary N) is 1. The van der Waals surface area contributed by atoms with Crippen molar-refractivity contribution in [2.24, 2.45) is 11.7 Å². The Bertz CT molecular complexity index is 836. The third kappa shape index (κ3) is 4.86. The lowest BCUT2D eigenvalue weighted by Crippen LogP contribution is -2.44. The predicted molar refractivity (Wildman–Crippen MR) is 111 cm³/mol. The second kappa shape index (κ2) is 9.43. The van der Waals surface area contributed by atoms with Gasteiger partial charge in [-0.1, -0.05) is 12.1 Å². The van der Waals surface area contributed by atoms with Crippen LogP contribution in [0.5, 0.6) is 11.5 Å². The van der Waals surface area contributed by atoms with E-state index in [1.54, 1.807) is 43.3 Å². The highest BCUT2D eigenvalue weighted by Crippen LogP contribution is 2.37. The fourth-order valence-electron chi connectivity index (χ4n) is 3.62. The molecule has 0 bridgehead atoms. The average Bonchev–Trinajstić information content (AvgIpc) is 2.75. The van der Waals surface area contributed by atoms with Gasteiger partial charge in [0.05, 0.1) is 19.1 Å². The van der Waals surface area contributed by atoms with Crippen LogP contribution in [0.4, 0.5) is 5.69 Å². The zero-order valence-electron chi connectivity index (χ0n) is 16.8. The van der Waals surface area contributed by atoms with E-state index in [9.17, 15) is 9.59 Å². The molecule has 1 aliphatic rings. The van der Waals surface area contributed by atoms with Crippen molar-refractivity contribution in [1.82, 2.24) is 4.90 Å². The Kier molecular flexibility index (Phi) is 6.72. The molecule has 2 unspecified atom stereocenters. The highest BCUT2D eigenvalue weighted by atomic mass is 16.5. The van der Waals surface area contributed by atoms with Crippen molar-refractivity contribution in [1.29, 1.82) is 0 Å². The first-order valence-corrected chi connectivity index (χ1v) is 9.67. The smallest absolute Gasteiger partial charge is 0.229 e. The van der Waals surface area contributed by atoms with Gasteiger partial charge in [0, 0.05) is 25.7 Å². The molecule has 1 aliphatic heterocycles. The maximum absolute atomic E-state index is 13.1. The third-order valence-corrected chi connectivity index (χ3v) is 5.16. The van der Waals surface area contributed by atoms with Gasteiger partial charge >= 0.3 is 0 Å². The van der Waals surface area contributed by atoms with Crippen LogP contribution >= 0.6 is 0 Å². The highest BCUT2D eigenvalue weighted by Gasteiger charge is 2.38. The van der Waals surface area contributed by atoms with Gasteiger partial charge in [0.25, 0.3) is 0 Å². The number of hydrogen-bond acceptors (Lipinski definition) is 5. The van der Waals surface area contributed by atoms with E-state index in [0.717, 1.165) is 11.3 Å². The Balaban J connectivity index is 1.76. The number of rotatable bonds is 7. The standard InChI is InChI=1S/C22H27N3O4/c1-25-20(26)12-11-19(21(25)15-3-7-17(28-2)8-4-15)22(27)24-16-5-9-18(10-6-16)29-14-13-23/h3-10,19,21H,11-14,23H2,1-2H3,(H,24,27). The molecule has 0 spiro atoms. The van der Waals surface area contributed by atoms with Crippen LogP contribution in [-0.2, 0) is 9.59 Å². The van der Waals surface area contributed by atoms with E-state index in [-0.39, 0.29) is 23.8 Å². The number of nitrogens with zero attached hydrogens (tertiary/aromatic N) is 1. The molecule has 1 fully saturated rings. The maximum atomic E-state index is 13.1. The van der Waals surface area contributed by atoms with Crippen molar-refractivity contribution in [2.45, 2.75) is 18.9 Å². The molecule has 3 rings (SSSR count). The number of hydrogen-bond donors (Lipinski definition) is 2. The molecule has 2 atom stereocenters. The number of benzene rings is 2. The van der Waals surface area contributed by atoms with Crippen LogP contribution in [0.1, 0.15) is 24.4 Å². The first-order valence-electron chi connectivity index (χ1n) is 9.67. The van der Waals surface area contributed by atoms with Gasteiger partial charge in [-0.15, -0.1) is 0 Å². The molecule has 154 valence electrons. The predicted octanol–water partition coefficient (Wildman–Crippen LogP) is 2.58. The van der Waals surface area contributed by atoms with Gasteiger partial charge in [-0.05, 0) is 48.4 Å². The van der Waals surface area contributed by atoms with Crippen LogP contribution in [0.2, 0.25) is 0 Å². The Morgan fingerprint density at radius 3 is 2.41 bits per heavy atom. The monoisotopic (exact) mass is 397 g/mol. The van der Waals surface area contributed by atoms with Crippen molar-refractivity contribution < 1.29 is 19.1 Å². The normalized spacial score (nSPS) is 19.0. The van der Waals surface area contributed by atoms with Gasteiger partial charge in [0.15, 0.2) is 0 Å². The molecule has 0 saturated carbocycles. The molecule has 7 heteroatoms. The van der Waals surface area contributed by atoms with Crippen LogP contribution in [0.15, 0.2) is 48.5 Å². The molecular formula is C22H27N3O4. The quantitative estimate of drug-likeness (QED) is 0.749. The van der Waals surface area contributed by atoms with Crippen LogP contribution in [0.25, 0.3) is 0 Å². The lowest BCUT2D eigenvalue weighted by Gasteiger charge is -2.38. The van der Waals surface area contributed by atoms with E-state index in [0.29, 0.717) is 37.4 Å². The van der Waals surface area contributed by atoms with E-state index in [2.05, 4.69) is 5.32 Å². The topological polar surface area (TPSA) is 93.9 Å². The number of amides is 2. The molecule has 1 heterocycles. The summed E-state index contributed by atoms with van der Waals surface area (Å²) in [5, 5.41) is 2.97. The van der Waals surface area contributed by atoms with E-state index < -0.39 is 0 Å². The summed E-state index contributed by atoms with van der Waals surface area (Å²) < 4.78 is 10.7. The number of carbonyl (C=O) groups is 2. The van der Waals surface area contributed by atoms with Gasteiger partial charge in [0.1, 0.15) is 18.1 Å². The number of methoxy groups -OCH3 is 1. The molecule has 1 saturated heterocycles. The molecule has 2 aromatic carbocycles. The number of anilines is 1. The molecule has 7 nitrogen and oxygen atoms in total. The van der Waals surface area contributed by atoms with Gasteiger partial charge in [-0.25, -0.2) is 0 Å². The molecule has 3 N–H and O–H groups in total. The van der Waals surface area contributed by atoms with Crippen molar-refractivity contribution >= 4 is 17.5 Å². The number of piperidine rings is 1. The first kappa shape index (κ1) is 20.7. The van der Waals surface area contributed by atoms with Crippen LogP contribution in [-0.4, -0.2) is 44.0 Å². The van der Waals surface area contributed by atoms with E-state index in [1.807, 2.05) is 24.3 Å². The van der Waals surface area contributed by atoms with Gasteiger partial charge < -0.3 is 25.4 Å². The van der Waals surface area contributed by atoms with E-state index >= 15 is 0 Å². The van der Waals surface area contributed by atoms with Crippen molar-refractivity contribution in [3.05, 3.63) is 54.1 Å². The Hall–Kier alpha value is -3.06. The summed E-state index contributed by atoms with van der Waals surface area (Å²) in [6.45, 7) is 0.886. The minimum absolute atomic E-state index is 0.0382. The van der Waals surface area contributed by atoms with Crippen LogP contribution < -0.4 is 20.5 Å².